The molecule has 2 saturated carbocycles. The number of hydrogen-bond acceptors (Lipinski definition) is 6. The van der Waals surface area contributed by atoms with Gasteiger partial charge in [0, 0.05) is 60.3 Å². The van der Waals surface area contributed by atoms with E-state index in [4.69, 9.17) is 15.7 Å². The second-order valence-corrected chi connectivity index (χ2v) is 16.9. The van der Waals surface area contributed by atoms with Gasteiger partial charge in [0.25, 0.3) is 0 Å². The van der Waals surface area contributed by atoms with Crippen molar-refractivity contribution in [3.8, 4) is 11.3 Å². The van der Waals surface area contributed by atoms with Gasteiger partial charge in [-0.25, -0.2) is 9.97 Å². The summed E-state index contributed by atoms with van der Waals surface area (Å²) in [6.45, 7) is 31.3. The zero-order chi connectivity index (χ0) is 43.1. The van der Waals surface area contributed by atoms with E-state index in [1.165, 1.54) is 87.5 Å². The van der Waals surface area contributed by atoms with Crippen molar-refractivity contribution >= 4 is 11.4 Å². The van der Waals surface area contributed by atoms with Crippen LogP contribution in [0.4, 0.5) is 5.82 Å². The number of hydrogen-bond donors (Lipinski definition) is 2. The van der Waals surface area contributed by atoms with Crippen molar-refractivity contribution in [2.75, 3.05) is 38.1 Å². The van der Waals surface area contributed by atoms with Crippen molar-refractivity contribution in [3.05, 3.63) is 83.5 Å². The molecule has 2 heterocycles. The van der Waals surface area contributed by atoms with Crippen molar-refractivity contribution in [2.45, 2.75) is 172 Å². The van der Waals surface area contributed by atoms with Gasteiger partial charge >= 0.3 is 0 Å². The first-order valence-corrected chi connectivity index (χ1v) is 23.7. The molecule has 3 fully saturated rings. The number of nitrogens with one attached hydrogen (secondary N) is 1. The lowest BCUT2D eigenvalue weighted by molar-refractivity contribution is 0.140. The molecule has 1 saturated heterocycles. The van der Waals surface area contributed by atoms with Crippen LogP contribution in [-0.2, 0) is 0 Å². The zero-order valence-corrected chi connectivity index (χ0v) is 39.7. The van der Waals surface area contributed by atoms with Gasteiger partial charge < -0.3 is 20.9 Å². The Balaban J connectivity index is 0.000000368. The standard InChI is InChI=1S/C25H31N5.C21H39N.3C2H6/c1-18-8-7-11-21(16-18)22-17-23(30-14-12-29(3)13-15-30)28-25(27-22)24(19(2)26)20-9-5-4-6-10-20;1-5-21(3,4)22-17(2)16-20(18-12-8-6-9-13-18)19-14-10-7-11-15-19;3*1-2/h4-5,7-9,11,16-17H,6,10,12-15,26H2,1-3H3;18-20,22H,2,5-16H2,1,3-4H3;3*1-2H3/b24-19-;;;;. The summed E-state index contributed by atoms with van der Waals surface area (Å²) in [5.74, 6) is 4.55. The van der Waals surface area contributed by atoms with E-state index in [-0.39, 0.29) is 5.54 Å². The van der Waals surface area contributed by atoms with Crippen LogP contribution in [0.2, 0.25) is 0 Å². The fourth-order valence-electron chi connectivity index (χ4n) is 8.83. The van der Waals surface area contributed by atoms with E-state index in [1.54, 1.807) is 0 Å². The quantitative estimate of drug-likeness (QED) is 0.236. The van der Waals surface area contributed by atoms with Crippen LogP contribution in [0.25, 0.3) is 16.8 Å². The number of rotatable bonds is 11. The summed E-state index contributed by atoms with van der Waals surface area (Å²) in [4.78, 5) is 14.7. The van der Waals surface area contributed by atoms with Crippen molar-refractivity contribution in [2.24, 2.45) is 23.5 Å². The van der Waals surface area contributed by atoms with Crippen molar-refractivity contribution in [3.63, 3.8) is 0 Å². The molecule has 0 unspecified atom stereocenters. The van der Waals surface area contributed by atoms with Gasteiger partial charge in [0.2, 0.25) is 0 Å². The van der Waals surface area contributed by atoms with Crippen LogP contribution in [-0.4, -0.2) is 53.6 Å². The zero-order valence-electron chi connectivity index (χ0n) is 39.7. The molecule has 326 valence electrons. The number of allylic oxidation sites excluding steroid dienone is 7. The van der Waals surface area contributed by atoms with Crippen LogP contribution in [0.5, 0.6) is 0 Å². The van der Waals surface area contributed by atoms with E-state index in [0.29, 0.717) is 0 Å². The van der Waals surface area contributed by atoms with Gasteiger partial charge in [-0.3, -0.25) is 0 Å². The number of nitrogens with zero attached hydrogens (tertiary/aromatic N) is 4. The monoisotopic (exact) mass is 797 g/mol. The van der Waals surface area contributed by atoms with Crippen LogP contribution in [0, 0.1) is 24.7 Å². The SMILES string of the molecule is C/C(N)=C(\C1=CC=CCC1)c1nc(-c2cccc(C)c2)cc(N2CCN(C)CC2)n1.C=C(CC(C1CCCCC1)C1CCCCC1)NC(C)(C)CC.CC.CC.CC. The predicted octanol–water partition coefficient (Wildman–Crippen LogP) is 13.7. The second kappa shape index (κ2) is 27.4. The Bertz CT molecular complexity index is 1530. The summed E-state index contributed by atoms with van der Waals surface area (Å²) in [5.41, 5.74) is 14.1. The number of aromatic nitrogens is 2. The molecule has 6 nitrogen and oxygen atoms in total. The summed E-state index contributed by atoms with van der Waals surface area (Å²) in [5, 5.41) is 3.72. The van der Waals surface area contributed by atoms with Crippen molar-refractivity contribution in [1.82, 2.24) is 20.2 Å². The van der Waals surface area contributed by atoms with E-state index in [9.17, 15) is 0 Å². The number of benzene rings is 1. The molecule has 0 spiro atoms. The highest BCUT2D eigenvalue weighted by molar-refractivity contribution is 5.80. The molecule has 4 aliphatic rings. The molecule has 1 aromatic carbocycles. The molecule has 6 heteroatoms. The maximum Gasteiger partial charge on any atom is 0.164 e. The van der Waals surface area contributed by atoms with Crippen molar-refractivity contribution < 1.29 is 0 Å². The van der Waals surface area contributed by atoms with Gasteiger partial charge in [0.1, 0.15) is 5.82 Å². The van der Waals surface area contributed by atoms with Gasteiger partial charge in [0.05, 0.1) is 5.69 Å². The predicted molar refractivity (Wildman–Crippen MR) is 257 cm³/mol. The Morgan fingerprint density at radius 1 is 0.879 bits per heavy atom. The lowest BCUT2D eigenvalue weighted by atomic mass is 9.68. The lowest BCUT2D eigenvalue weighted by Crippen LogP contribution is -2.44. The number of nitrogens with two attached hydrogens (primary N) is 1. The molecule has 6 rings (SSSR count). The van der Waals surface area contributed by atoms with Gasteiger partial charge in [-0.05, 0) is 89.8 Å². The fourth-order valence-corrected chi connectivity index (χ4v) is 8.83. The summed E-state index contributed by atoms with van der Waals surface area (Å²) in [7, 11) is 2.17. The largest absolute Gasteiger partial charge is 0.402 e. The van der Waals surface area contributed by atoms with Gasteiger partial charge in [0.15, 0.2) is 5.82 Å². The van der Waals surface area contributed by atoms with E-state index in [0.717, 1.165) is 97.4 Å². The lowest BCUT2D eigenvalue weighted by Gasteiger charge is -2.39. The number of piperazine rings is 1. The molecular formula is C52H88N6. The molecule has 2 aromatic rings. The first kappa shape index (κ1) is 50.8. The molecule has 0 bridgehead atoms. The van der Waals surface area contributed by atoms with Crippen LogP contribution >= 0.6 is 0 Å². The molecule has 0 radical (unpaired) electrons. The average molecular weight is 797 g/mol. The maximum atomic E-state index is 6.37. The minimum atomic E-state index is 0.195. The Hall–Kier alpha value is -3.38. The summed E-state index contributed by atoms with van der Waals surface area (Å²) < 4.78 is 0. The summed E-state index contributed by atoms with van der Waals surface area (Å²) >= 11 is 0. The van der Waals surface area contributed by atoms with E-state index in [2.05, 4.69) is 105 Å². The Morgan fingerprint density at radius 3 is 1.97 bits per heavy atom. The van der Waals surface area contributed by atoms with Gasteiger partial charge in [-0.2, -0.15) is 0 Å². The second-order valence-electron chi connectivity index (χ2n) is 16.9. The molecule has 0 atom stereocenters. The average Bonchev–Trinajstić information content (AvgIpc) is 3.26. The van der Waals surface area contributed by atoms with E-state index >= 15 is 0 Å². The summed E-state index contributed by atoms with van der Waals surface area (Å²) in [6.07, 6.45) is 25.5. The number of anilines is 1. The van der Waals surface area contributed by atoms with Gasteiger partial charge in [-0.1, -0.05) is 161 Å². The topological polar surface area (TPSA) is 70.3 Å². The van der Waals surface area contributed by atoms with Crippen LogP contribution < -0.4 is 16.0 Å². The van der Waals surface area contributed by atoms with E-state index in [1.807, 2.05) is 48.5 Å². The molecule has 3 aliphatic carbocycles. The number of aryl methyl sites for hydroxylation is 1. The first-order valence-electron chi connectivity index (χ1n) is 23.7. The molecule has 1 aromatic heterocycles. The fraction of sp³-hybridized carbons (Fsp3) is 0.654. The third-order valence-corrected chi connectivity index (χ3v) is 12.2. The Kier molecular flexibility index (Phi) is 24.0. The first-order chi connectivity index (χ1) is 28.0. The molecule has 1 aliphatic heterocycles. The molecule has 58 heavy (non-hydrogen) atoms. The third kappa shape index (κ3) is 16.3. The minimum absolute atomic E-state index is 0.195. The maximum absolute atomic E-state index is 6.37. The highest BCUT2D eigenvalue weighted by Crippen LogP contribution is 2.42. The normalized spacial score (nSPS) is 18.1. The molecular weight excluding hydrogens is 709 g/mol. The van der Waals surface area contributed by atoms with Crippen LogP contribution in [0.1, 0.15) is 171 Å². The minimum Gasteiger partial charge on any atom is -0.402 e. The van der Waals surface area contributed by atoms with Crippen molar-refractivity contribution in [1.29, 1.82) is 0 Å². The van der Waals surface area contributed by atoms with Crippen LogP contribution in [0.3, 0.4) is 0 Å². The van der Waals surface area contributed by atoms with Crippen LogP contribution in [0.15, 0.2) is 72.1 Å². The smallest absolute Gasteiger partial charge is 0.164 e. The Morgan fingerprint density at radius 2 is 1.47 bits per heavy atom. The number of likely N-dealkylation sites (N-methyl/N-ethyl adjacent to an activating group) is 1. The third-order valence-electron chi connectivity index (χ3n) is 12.2. The highest BCUT2D eigenvalue weighted by Gasteiger charge is 2.32. The Labute approximate surface area is 358 Å². The molecule has 3 N–H and O–H groups in total. The van der Waals surface area contributed by atoms with E-state index < -0.39 is 0 Å². The molecule has 0 amide bonds. The summed E-state index contributed by atoms with van der Waals surface area (Å²) in [6, 6.07) is 10.6. The van der Waals surface area contributed by atoms with Gasteiger partial charge in [-0.15, -0.1) is 0 Å². The highest BCUT2D eigenvalue weighted by atomic mass is 15.3.